The summed E-state index contributed by atoms with van der Waals surface area (Å²) in [7, 11) is 0.823. The lowest BCUT2D eigenvalue weighted by Gasteiger charge is -2.23. The number of rotatable bonds is 0. The van der Waals surface area contributed by atoms with E-state index in [0.717, 1.165) is 21.0 Å². The van der Waals surface area contributed by atoms with Crippen molar-refractivity contribution >= 4 is 8.88 Å². The fraction of sp³-hybridized carbons (Fsp3) is 1.00. The fourth-order valence-electron chi connectivity index (χ4n) is 1.70. The van der Waals surface area contributed by atoms with Gasteiger partial charge in [-0.05, 0) is 12.8 Å². The van der Waals surface area contributed by atoms with Crippen LogP contribution in [0.5, 0.6) is 0 Å². The Hall–Kier alpha value is 0.350. The molecule has 2 N–H and O–H groups in total. The molecule has 2 rings (SSSR count). The Morgan fingerprint density at radius 3 is 2.11 bits per heavy atom. The molecule has 0 amide bonds. The molecule has 0 spiro atoms. The first-order valence-electron chi connectivity index (χ1n) is 3.73. The highest BCUT2D eigenvalue weighted by Gasteiger charge is 2.28. The molecule has 52 valence electrons. The molecule has 2 fully saturated rings. The van der Waals surface area contributed by atoms with E-state index in [2.05, 4.69) is 10.2 Å². The lowest BCUT2D eigenvalue weighted by molar-refractivity contribution is 0.374. The van der Waals surface area contributed by atoms with Crippen molar-refractivity contribution in [2.24, 2.45) is 0 Å². The minimum absolute atomic E-state index is 0.817. The van der Waals surface area contributed by atoms with Gasteiger partial charge in [-0.15, -0.1) is 0 Å². The minimum Gasteiger partial charge on any atom is -0.282 e. The van der Waals surface area contributed by atoms with E-state index in [1.165, 1.54) is 25.7 Å². The molecule has 2 unspecified atom stereocenters. The van der Waals surface area contributed by atoms with Gasteiger partial charge in [0.25, 0.3) is 0 Å². The van der Waals surface area contributed by atoms with Crippen LogP contribution >= 0.6 is 8.88 Å². The van der Waals surface area contributed by atoms with Gasteiger partial charge in [0.15, 0.2) is 0 Å². The van der Waals surface area contributed by atoms with Crippen molar-refractivity contribution in [2.45, 2.75) is 37.8 Å². The molecule has 0 aromatic carbocycles. The molecule has 3 heteroatoms. The molecule has 9 heavy (non-hydrogen) atoms. The standard InChI is InChI=1S/C6H13N2P/c1-2-4-6-5(3-1)7-9-8-6/h5-9H,1-4H2. The fourth-order valence-corrected chi connectivity index (χ4v) is 2.85. The van der Waals surface area contributed by atoms with Crippen LogP contribution in [0.25, 0.3) is 0 Å². The predicted molar refractivity (Wildman–Crippen MR) is 40.6 cm³/mol. The van der Waals surface area contributed by atoms with Gasteiger partial charge in [0.2, 0.25) is 0 Å². The van der Waals surface area contributed by atoms with Gasteiger partial charge in [-0.1, -0.05) is 12.8 Å². The number of fused-ring (bicyclic) bond motifs is 1. The van der Waals surface area contributed by atoms with Crippen LogP contribution in [0.2, 0.25) is 0 Å². The molecule has 0 aromatic heterocycles. The Kier molecular flexibility index (Phi) is 1.71. The second-order valence-corrected chi connectivity index (χ2v) is 3.74. The summed E-state index contributed by atoms with van der Waals surface area (Å²) in [5.41, 5.74) is 0. The zero-order chi connectivity index (χ0) is 6.10. The summed E-state index contributed by atoms with van der Waals surface area (Å²) in [5, 5.41) is 6.95. The highest BCUT2D eigenvalue weighted by Crippen LogP contribution is 2.27. The summed E-state index contributed by atoms with van der Waals surface area (Å²) in [6, 6.07) is 1.63. The lowest BCUT2D eigenvalue weighted by atomic mass is 9.92. The Morgan fingerprint density at radius 2 is 1.56 bits per heavy atom. The Balaban J connectivity index is 1.97. The summed E-state index contributed by atoms with van der Waals surface area (Å²) in [4.78, 5) is 0. The minimum atomic E-state index is 0.817. The summed E-state index contributed by atoms with van der Waals surface area (Å²) < 4.78 is 0. The van der Waals surface area contributed by atoms with Gasteiger partial charge in [-0.3, -0.25) is 10.2 Å². The highest BCUT2D eigenvalue weighted by molar-refractivity contribution is 7.33. The molecule has 0 radical (unpaired) electrons. The summed E-state index contributed by atoms with van der Waals surface area (Å²) in [6.45, 7) is 0. The second kappa shape index (κ2) is 2.53. The van der Waals surface area contributed by atoms with E-state index in [0.29, 0.717) is 0 Å². The van der Waals surface area contributed by atoms with Crippen molar-refractivity contribution in [1.29, 1.82) is 0 Å². The van der Waals surface area contributed by atoms with Gasteiger partial charge in [-0.2, -0.15) is 0 Å². The van der Waals surface area contributed by atoms with Gasteiger partial charge in [0.05, 0.1) is 0 Å². The molecule has 0 bridgehead atoms. The van der Waals surface area contributed by atoms with Crippen LogP contribution in [-0.2, 0) is 0 Å². The van der Waals surface area contributed by atoms with Crippen LogP contribution in [0.4, 0.5) is 0 Å². The van der Waals surface area contributed by atoms with Crippen LogP contribution in [-0.4, -0.2) is 12.1 Å². The lowest BCUT2D eigenvalue weighted by Crippen LogP contribution is -2.36. The van der Waals surface area contributed by atoms with E-state index >= 15 is 0 Å². The molecule has 1 heterocycles. The van der Waals surface area contributed by atoms with Crippen LogP contribution in [0.15, 0.2) is 0 Å². The van der Waals surface area contributed by atoms with Crippen molar-refractivity contribution in [3.63, 3.8) is 0 Å². The van der Waals surface area contributed by atoms with Crippen molar-refractivity contribution in [2.75, 3.05) is 0 Å². The number of hydrogen-bond donors (Lipinski definition) is 2. The first-order valence-corrected chi connectivity index (χ1v) is 4.73. The molecule has 1 aliphatic heterocycles. The van der Waals surface area contributed by atoms with Crippen molar-refractivity contribution in [3.8, 4) is 0 Å². The maximum absolute atomic E-state index is 3.48. The van der Waals surface area contributed by atoms with Crippen molar-refractivity contribution in [3.05, 3.63) is 0 Å². The SMILES string of the molecule is C1CCC2NPNC2C1. The molecule has 2 aliphatic rings. The van der Waals surface area contributed by atoms with Crippen LogP contribution in [0.1, 0.15) is 25.7 Å². The zero-order valence-electron chi connectivity index (χ0n) is 5.48. The average Bonchev–Trinajstić information content (AvgIpc) is 2.33. The molecule has 2 atom stereocenters. The smallest absolute Gasteiger partial charge is 0.0269 e. The van der Waals surface area contributed by atoms with E-state index in [-0.39, 0.29) is 0 Å². The first-order chi connectivity index (χ1) is 4.47. The quantitative estimate of drug-likeness (QED) is 0.495. The molecular weight excluding hydrogens is 131 g/mol. The maximum Gasteiger partial charge on any atom is 0.0269 e. The second-order valence-electron chi connectivity index (χ2n) is 2.91. The molecule has 2 nitrogen and oxygen atoms in total. The van der Waals surface area contributed by atoms with E-state index in [1.54, 1.807) is 0 Å². The third kappa shape index (κ3) is 1.12. The van der Waals surface area contributed by atoms with Crippen LogP contribution in [0.3, 0.4) is 0 Å². The van der Waals surface area contributed by atoms with Crippen molar-refractivity contribution in [1.82, 2.24) is 10.2 Å². The van der Waals surface area contributed by atoms with Gasteiger partial charge in [0, 0.05) is 21.0 Å². The summed E-state index contributed by atoms with van der Waals surface area (Å²) in [5.74, 6) is 0. The molecule has 0 aromatic rings. The van der Waals surface area contributed by atoms with E-state index in [9.17, 15) is 0 Å². The largest absolute Gasteiger partial charge is 0.282 e. The van der Waals surface area contributed by atoms with E-state index in [1.807, 2.05) is 0 Å². The Morgan fingerprint density at radius 1 is 1.00 bits per heavy atom. The number of hydrogen-bond acceptors (Lipinski definition) is 2. The van der Waals surface area contributed by atoms with Gasteiger partial charge in [-0.25, -0.2) is 0 Å². The number of nitrogens with one attached hydrogen (secondary N) is 2. The summed E-state index contributed by atoms with van der Waals surface area (Å²) in [6.07, 6.45) is 5.65. The first kappa shape index (κ1) is 6.09. The topological polar surface area (TPSA) is 24.1 Å². The van der Waals surface area contributed by atoms with E-state index in [4.69, 9.17) is 0 Å². The van der Waals surface area contributed by atoms with Gasteiger partial charge >= 0.3 is 0 Å². The molecule has 1 saturated heterocycles. The third-order valence-corrected chi connectivity index (χ3v) is 3.31. The maximum atomic E-state index is 3.48. The Labute approximate surface area is 57.7 Å². The van der Waals surface area contributed by atoms with Gasteiger partial charge < -0.3 is 0 Å². The van der Waals surface area contributed by atoms with Gasteiger partial charge in [0.1, 0.15) is 0 Å². The van der Waals surface area contributed by atoms with Crippen LogP contribution in [0, 0.1) is 0 Å². The average molecular weight is 144 g/mol. The van der Waals surface area contributed by atoms with Crippen LogP contribution < -0.4 is 10.2 Å². The van der Waals surface area contributed by atoms with E-state index < -0.39 is 0 Å². The van der Waals surface area contributed by atoms with Crippen molar-refractivity contribution < 1.29 is 0 Å². The molecular formula is C6H13N2P. The molecule has 1 saturated carbocycles. The Bertz CT molecular complexity index is 95.2. The third-order valence-electron chi connectivity index (χ3n) is 2.28. The zero-order valence-corrected chi connectivity index (χ0v) is 6.48. The highest BCUT2D eigenvalue weighted by atomic mass is 31.1. The monoisotopic (exact) mass is 144 g/mol. The summed E-state index contributed by atoms with van der Waals surface area (Å²) >= 11 is 0. The molecule has 1 aliphatic carbocycles. The normalized spacial score (nSPS) is 45.3. The predicted octanol–water partition coefficient (Wildman–Crippen LogP) is 0.999.